The van der Waals surface area contributed by atoms with Gasteiger partial charge in [-0.05, 0) is 52.8 Å². The zero-order chi connectivity index (χ0) is 19.6. The molecule has 1 amide bonds. The molecule has 2 aromatic heterocycles. The van der Waals surface area contributed by atoms with Crippen LogP contribution in [0.15, 0.2) is 23.6 Å². The Labute approximate surface area is 172 Å². The number of anilines is 1. The zero-order valence-corrected chi connectivity index (χ0v) is 17.7. The van der Waals surface area contributed by atoms with Gasteiger partial charge in [-0.25, -0.2) is 15.4 Å². The number of rotatable bonds is 5. The predicted octanol–water partition coefficient (Wildman–Crippen LogP) is 2.97. The first-order valence-electron chi connectivity index (χ1n) is 7.70. The van der Waals surface area contributed by atoms with Crippen molar-refractivity contribution >= 4 is 62.1 Å². The number of nitrogens with one attached hydrogen (secondary N) is 1. The van der Waals surface area contributed by atoms with Crippen LogP contribution in [0.1, 0.15) is 20.8 Å². The number of carbonyl (C=O) groups is 1. The van der Waals surface area contributed by atoms with Crippen LogP contribution in [0.4, 0.5) is 5.82 Å². The summed E-state index contributed by atoms with van der Waals surface area (Å²) in [7, 11) is 3.15. The number of nitrogens with zero attached hydrogens (tertiary/aromatic N) is 3. The highest BCUT2D eigenvalue weighted by molar-refractivity contribution is 14.1. The standard InChI is InChI=1S/C17H16IN5O3S/c1-8-12-15(19)20-7-21-17(12)27-14(8)16(24)23-22-6-9-4-10(18)13(26-3)11(5-9)25-2/h4-7H,1-3H3,(H,23,24)(H2,19,20,21)/b22-6-. The summed E-state index contributed by atoms with van der Waals surface area (Å²) in [5.41, 5.74) is 9.92. The van der Waals surface area contributed by atoms with Gasteiger partial charge in [-0.1, -0.05) is 0 Å². The molecule has 2 heterocycles. The average molecular weight is 497 g/mol. The molecule has 0 atom stereocenters. The highest BCUT2D eigenvalue weighted by atomic mass is 127. The topological polar surface area (TPSA) is 112 Å². The monoisotopic (exact) mass is 497 g/mol. The van der Waals surface area contributed by atoms with Gasteiger partial charge in [-0.3, -0.25) is 4.79 Å². The summed E-state index contributed by atoms with van der Waals surface area (Å²) in [6.07, 6.45) is 2.92. The highest BCUT2D eigenvalue weighted by Crippen LogP contribution is 2.33. The van der Waals surface area contributed by atoms with E-state index in [-0.39, 0.29) is 5.91 Å². The summed E-state index contributed by atoms with van der Waals surface area (Å²) in [6.45, 7) is 1.81. The van der Waals surface area contributed by atoms with Gasteiger partial charge in [0.1, 0.15) is 17.0 Å². The quantitative estimate of drug-likeness (QED) is 0.319. The molecule has 1 aromatic carbocycles. The summed E-state index contributed by atoms with van der Waals surface area (Å²) in [5.74, 6) is 1.27. The maximum atomic E-state index is 12.5. The fraction of sp³-hybridized carbons (Fsp3) is 0.176. The van der Waals surface area contributed by atoms with Crippen molar-refractivity contribution in [1.82, 2.24) is 15.4 Å². The van der Waals surface area contributed by atoms with Crippen LogP contribution in [0, 0.1) is 10.5 Å². The van der Waals surface area contributed by atoms with Crippen molar-refractivity contribution in [3.8, 4) is 11.5 Å². The number of hydrogen-bond acceptors (Lipinski definition) is 8. The molecule has 8 nitrogen and oxygen atoms in total. The van der Waals surface area contributed by atoms with E-state index in [0.717, 1.165) is 14.7 Å². The Morgan fingerprint density at radius 1 is 1.33 bits per heavy atom. The number of carbonyl (C=O) groups excluding carboxylic acids is 1. The number of benzene rings is 1. The fourth-order valence-corrected chi connectivity index (χ4v) is 4.44. The minimum atomic E-state index is -0.332. The molecule has 27 heavy (non-hydrogen) atoms. The molecule has 3 aromatic rings. The molecule has 0 saturated heterocycles. The van der Waals surface area contributed by atoms with E-state index in [2.05, 4.69) is 43.1 Å². The number of halogens is 1. The first-order valence-corrected chi connectivity index (χ1v) is 9.60. The molecule has 140 valence electrons. The number of fused-ring (bicyclic) bond motifs is 1. The zero-order valence-electron chi connectivity index (χ0n) is 14.7. The molecule has 0 aliphatic carbocycles. The summed E-state index contributed by atoms with van der Waals surface area (Å²) in [5, 5.41) is 4.74. The normalized spacial score (nSPS) is 11.1. The van der Waals surface area contributed by atoms with Crippen LogP contribution in [0.25, 0.3) is 10.2 Å². The van der Waals surface area contributed by atoms with Crippen LogP contribution in [-0.4, -0.2) is 36.3 Å². The molecule has 0 aliphatic rings. The number of nitrogen functional groups attached to an aromatic ring is 1. The lowest BCUT2D eigenvalue weighted by atomic mass is 10.2. The van der Waals surface area contributed by atoms with Gasteiger partial charge in [-0.2, -0.15) is 5.10 Å². The molecule has 3 rings (SSSR count). The van der Waals surface area contributed by atoms with Crippen LogP contribution in [-0.2, 0) is 0 Å². The van der Waals surface area contributed by atoms with E-state index in [0.29, 0.717) is 32.4 Å². The van der Waals surface area contributed by atoms with Crippen molar-refractivity contribution in [2.45, 2.75) is 6.92 Å². The molecule has 3 N–H and O–H groups in total. The number of aromatic nitrogens is 2. The predicted molar refractivity (Wildman–Crippen MR) is 114 cm³/mol. The van der Waals surface area contributed by atoms with Gasteiger partial charge in [0.25, 0.3) is 5.91 Å². The van der Waals surface area contributed by atoms with Crippen molar-refractivity contribution in [1.29, 1.82) is 0 Å². The van der Waals surface area contributed by atoms with Gasteiger partial charge in [0, 0.05) is 0 Å². The second-order valence-electron chi connectivity index (χ2n) is 5.43. The molecule has 0 radical (unpaired) electrons. The third-order valence-corrected chi connectivity index (χ3v) is 5.80. The Hall–Kier alpha value is -2.47. The number of methoxy groups -OCH3 is 2. The Morgan fingerprint density at radius 3 is 2.78 bits per heavy atom. The van der Waals surface area contributed by atoms with E-state index >= 15 is 0 Å². The lowest BCUT2D eigenvalue weighted by molar-refractivity contribution is 0.0958. The number of ether oxygens (including phenoxy) is 2. The van der Waals surface area contributed by atoms with E-state index < -0.39 is 0 Å². The van der Waals surface area contributed by atoms with Gasteiger partial charge in [0.2, 0.25) is 0 Å². The van der Waals surface area contributed by atoms with Crippen LogP contribution >= 0.6 is 33.9 Å². The number of aryl methyl sites for hydroxylation is 1. The third-order valence-electron chi connectivity index (χ3n) is 3.80. The second kappa shape index (κ2) is 8.05. The second-order valence-corrected chi connectivity index (χ2v) is 7.59. The van der Waals surface area contributed by atoms with Gasteiger partial charge in [0.05, 0.1) is 34.3 Å². The summed E-state index contributed by atoms with van der Waals surface area (Å²) >= 11 is 3.40. The van der Waals surface area contributed by atoms with Gasteiger partial charge < -0.3 is 15.2 Å². The van der Waals surface area contributed by atoms with Crippen LogP contribution in [0.3, 0.4) is 0 Å². The first-order chi connectivity index (χ1) is 13.0. The lowest BCUT2D eigenvalue weighted by Crippen LogP contribution is -2.17. The molecule has 10 heteroatoms. The van der Waals surface area contributed by atoms with Crippen molar-refractivity contribution in [2.24, 2.45) is 5.10 Å². The Bertz CT molecular complexity index is 1050. The summed E-state index contributed by atoms with van der Waals surface area (Å²) in [4.78, 5) is 21.8. The van der Waals surface area contributed by atoms with Crippen LogP contribution in [0.5, 0.6) is 11.5 Å². The average Bonchev–Trinajstić information content (AvgIpc) is 2.99. The maximum Gasteiger partial charge on any atom is 0.281 e. The molecule has 0 spiro atoms. The van der Waals surface area contributed by atoms with Crippen molar-refractivity contribution in [3.05, 3.63) is 38.0 Å². The smallest absolute Gasteiger partial charge is 0.281 e. The molecular weight excluding hydrogens is 481 g/mol. The minimum absolute atomic E-state index is 0.332. The maximum absolute atomic E-state index is 12.5. The van der Waals surface area contributed by atoms with E-state index in [4.69, 9.17) is 15.2 Å². The summed E-state index contributed by atoms with van der Waals surface area (Å²) in [6, 6.07) is 3.65. The van der Waals surface area contributed by atoms with Gasteiger partial charge >= 0.3 is 0 Å². The van der Waals surface area contributed by atoms with Crippen LogP contribution in [0.2, 0.25) is 0 Å². The largest absolute Gasteiger partial charge is 0.493 e. The number of amides is 1. The van der Waals surface area contributed by atoms with Crippen molar-refractivity contribution in [2.75, 3.05) is 20.0 Å². The van der Waals surface area contributed by atoms with E-state index in [9.17, 15) is 4.79 Å². The number of nitrogens with two attached hydrogens (primary N) is 1. The van der Waals surface area contributed by atoms with E-state index in [1.54, 1.807) is 26.5 Å². The van der Waals surface area contributed by atoms with Crippen molar-refractivity contribution in [3.63, 3.8) is 0 Å². The minimum Gasteiger partial charge on any atom is -0.493 e. The third kappa shape index (κ3) is 3.81. The fourth-order valence-electron chi connectivity index (χ4n) is 2.54. The Kier molecular flexibility index (Phi) is 5.75. The molecule has 0 bridgehead atoms. The molecular formula is C17H16IN5O3S. The molecule has 0 saturated carbocycles. The lowest BCUT2D eigenvalue weighted by Gasteiger charge is -2.10. The molecule has 0 aliphatic heterocycles. The van der Waals surface area contributed by atoms with Crippen LogP contribution < -0.4 is 20.6 Å². The Balaban J connectivity index is 1.81. The SMILES string of the molecule is COc1cc(/C=N\NC(=O)c2sc3ncnc(N)c3c2C)cc(I)c1OC. The number of hydrazone groups is 1. The molecule has 0 unspecified atom stereocenters. The summed E-state index contributed by atoms with van der Waals surface area (Å²) < 4.78 is 11.5. The van der Waals surface area contributed by atoms with Gasteiger partial charge in [0.15, 0.2) is 11.5 Å². The van der Waals surface area contributed by atoms with E-state index in [1.807, 2.05) is 13.0 Å². The van der Waals surface area contributed by atoms with Crippen molar-refractivity contribution < 1.29 is 14.3 Å². The van der Waals surface area contributed by atoms with E-state index in [1.165, 1.54) is 17.7 Å². The highest BCUT2D eigenvalue weighted by Gasteiger charge is 2.18. The number of thiophene rings is 1. The Morgan fingerprint density at radius 2 is 2.11 bits per heavy atom. The van der Waals surface area contributed by atoms with Gasteiger partial charge in [-0.15, -0.1) is 11.3 Å². The molecule has 0 fully saturated rings. The first kappa shape index (κ1) is 19.3. The number of hydrogen-bond donors (Lipinski definition) is 2.